The smallest absolute Gasteiger partial charge is 0.345 e. The number of epoxide rings is 1. The minimum atomic E-state index is -4.23. The standard InChI is InChI=1S/C4H5F3O2/c5-4(6,7)2-9-3-1-8-3/h3H,1-2H2. The molecule has 0 N–H and O–H groups in total. The third-order valence-electron chi connectivity index (χ3n) is 0.736. The summed E-state index contributed by atoms with van der Waals surface area (Å²) >= 11 is 0. The van der Waals surface area contributed by atoms with E-state index in [1.165, 1.54) is 0 Å². The molecule has 2 nitrogen and oxygen atoms in total. The van der Waals surface area contributed by atoms with Crippen molar-refractivity contribution in [1.82, 2.24) is 0 Å². The largest absolute Gasteiger partial charge is 0.411 e. The molecule has 0 aromatic carbocycles. The zero-order valence-electron chi connectivity index (χ0n) is 4.44. The highest BCUT2D eigenvalue weighted by molar-refractivity contribution is 4.57. The number of halogens is 3. The Bertz CT molecular complexity index is 96.5. The normalized spacial score (nSPS) is 26.3. The molecule has 1 saturated heterocycles. The molecule has 0 aromatic rings. The molecule has 54 valence electrons. The number of rotatable bonds is 2. The van der Waals surface area contributed by atoms with Gasteiger partial charge in [0, 0.05) is 0 Å². The fourth-order valence-corrected chi connectivity index (χ4v) is 0.323. The summed E-state index contributed by atoms with van der Waals surface area (Å²) in [6.07, 6.45) is -4.84. The van der Waals surface area contributed by atoms with E-state index in [0.29, 0.717) is 0 Å². The first-order chi connectivity index (χ1) is 4.08. The van der Waals surface area contributed by atoms with Gasteiger partial charge in [0.1, 0.15) is 13.2 Å². The van der Waals surface area contributed by atoms with E-state index in [1.807, 2.05) is 0 Å². The van der Waals surface area contributed by atoms with E-state index in [0.717, 1.165) is 0 Å². The lowest BCUT2D eigenvalue weighted by molar-refractivity contribution is -0.183. The molecular formula is C4H5F3O2. The van der Waals surface area contributed by atoms with Crippen LogP contribution in [-0.4, -0.2) is 25.7 Å². The Morgan fingerprint density at radius 1 is 1.56 bits per heavy atom. The van der Waals surface area contributed by atoms with Gasteiger partial charge in [0.25, 0.3) is 0 Å². The van der Waals surface area contributed by atoms with Gasteiger partial charge in [-0.3, -0.25) is 0 Å². The highest BCUT2D eigenvalue weighted by Gasteiger charge is 2.33. The van der Waals surface area contributed by atoms with E-state index in [4.69, 9.17) is 0 Å². The molecule has 0 aromatic heterocycles. The van der Waals surface area contributed by atoms with Crippen molar-refractivity contribution in [2.24, 2.45) is 0 Å². The summed E-state index contributed by atoms with van der Waals surface area (Å²) in [5, 5.41) is 0. The van der Waals surface area contributed by atoms with Crippen LogP contribution >= 0.6 is 0 Å². The third kappa shape index (κ3) is 3.31. The summed E-state index contributed by atoms with van der Waals surface area (Å²) in [6, 6.07) is 0. The van der Waals surface area contributed by atoms with Crippen molar-refractivity contribution in [2.75, 3.05) is 13.2 Å². The van der Waals surface area contributed by atoms with Crippen molar-refractivity contribution >= 4 is 0 Å². The van der Waals surface area contributed by atoms with Crippen molar-refractivity contribution in [2.45, 2.75) is 12.5 Å². The number of alkyl halides is 3. The second-order valence-electron chi connectivity index (χ2n) is 1.69. The third-order valence-corrected chi connectivity index (χ3v) is 0.736. The maximum atomic E-state index is 11.3. The van der Waals surface area contributed by atoms with Gasteiger partial charge in [-0.05, 0) is 0 Å². The SMILES string of the molecule is FC(F)(F)COC1CO1. The lowest BCUT2D eigenvalue weighted by Gasteiger charge is -2.03. The summed E-state index contributed by atoms with van der Waals surface area (Å²) in [5.41, 5.74) is 0. The molecular weight excluding hydrogens is 137 g/mol. The van der Waals surface area contributed by atoms with Gasteiger partial charge in [0.15, 0.2) is 6.29 Å². The molecule has 0 spiro atoms. The first-order valence-electron chi connectivity index (χ1n) is 2.38. The molecule has 0 aliphatic carbocycles. The summed E-state index contributed by atoms with van der Waals surface area (Å²) in [6.45, 7) is -0.923. The Hall–Kier alpha value is -0.290. The zero-order valence-corrected chi connectivity index (χ0v) is 4.44. The molecule has 9 heavy (non-hydrogen) atoms. The van der Waals surface area contributed by atoms with Crippen LogP contribution in [0.5, 0.6) is 0 Å². The van der Waals surface area contributed by atoms with Gasteiger partial charge in [0.2, 0.25) is 0 Å². The van der Waals surface area contributed by atoms with E-state index < -0.39 is 19.1 Å². The van der Waals surface area contributed by atoms with Crippen LogP contribution in [0.25, 0.3) is 0 Å². The van der Waals surface area contributed by atoms with Crippen molar-refractivity contribution < 1.29 is 22.6 Å². The number of hydrogen-bond donors (Lipinski definition) is 0. The molecule has 1 aliphatic heterocycles. The summed E-state index contributed by atoms with van der Waals surface area (Å²) in [4.78, 5) is 0. The van der Waals surface area contributed by atoms with Gasteiger partial charge in [-0.25, -0.2) is 0 Å². The summed E-state index contributed by atoms with van der Waals surface area (Å²) in [7, 11) is 0. The zero-order chi connectivity index (χ0) is 6.91. The van der Waals surface area contributed by atoms with Crippen molar-refractivity contribution in [3.63, 3.8) is 0 Å². The summed E-state index contributed by atoms with van der Waals surface area (Å²) < 4.78 is 42.3. The van der Waals surface area contributed by atoms with Crippen LogP contribution in [-0.2, 0) is 9.47 Å². The second kappa shape index (κ2) is 2.15. The first-order valence-corrected chi connectivity index (χ1v) is 2.38. The first kappa shape index (κ1) is 6.82. The Morgan fingerprint density at radius 2 is 2.11 bits per heavy atom. The maximum Gasteiger partial charge on any atom is 0.411 e. The van der Waals surface area contributed by atoms with Crippen LogP contribution in [0.4, 0.5) is 13.2 Å². The van der Waals surface area contributed by atoms with E-state index in [9.17, 15) is 13.2 Å². The minimum absolute atomic E-state index is 0.288. The van der Waals surface area contributed by atoms with Crippen LogP contribution in [0.3, 0.4) is 0 Å². The highest BCUT2D eigenvalue weighted by Crippen LogP contribution is 2.19. The van der Waals surface area contributed by atoms with Gasteiger partial charge in [-0.2, -0.15) is 13.2 Å². The Balaban J connectivity index is 2.03. The molecule has 0 amide bonds. The van der Waals surface area contributed by atoms with E-state index in [1.54, 1.807) is 0 Å². The molecule has 1 unspecified atom stereocenters. The predicted octanol–water partition coefficient (Wildman–Crippen LogP) is 0.922. The lowest BCUT2D eigenvalue weighted by atomic mass is 10.7. The lowest BCUT2D eigenvalue weighted by Crippen LogP contribution is -2.17. The van der Waals surface area contributed by atoms with E-state index in [-0.39, 0.29) is 6.61 Å². The fraction of sp³-hybridized carbons (Fsp3) is 1.00. The van der Waals surface area contributed by atoms with Gasteiger partial charge >= 0.3 is 6.18 Å². The highest BCUT2D eigenvalue weighted by atomic mass is 19.4. The predicted molar refractivity (Wildman–Crippen MR) is 21.7 cm³/mol. The molecule has 1 fully saturated rings. The van der Waals surface area contributed by atoms with E-state index in [2.05, 4.69) is 9.47 Å². The van der Waals surface area contributed by atoms with Gasteiger partial charge < -0.3 is 9.47 Å². The van der Waals surface area contributed by atoms with Crippen LogP contribution in [0, 0.1) is 0 Å². The molecule has 1 atom stereocenters. The molecule has 1 heterocycles. The van der Waals surface area contributed by atoms with Gasteiger partial charge in [0.05, 0.1) is 0 Å². The van der Waals surface area contributed by atoms with Crippen LogP contribution in [0.15, 0.2) is 0 Å². The Morgan fingerprint density at radius 3 is 2.44 bits per heavy atom. The molecule has 1 aliphatic rings. The molecule has 0 radical (unpaired) electrons. The van der Waals surface area contributed by atoms with Gasteiger partial charge in [-0.1, -0.05) is 0 Å². The minimum Gasteiger partial charge on any atom is -0.345 e. The Kier molecular flexibility index (Phi) is 1.63. The van der Waals surface area contributed by atoms with Crippen LogP contribution in [0.2, 0.25) is 0 Å². The molecule has 0 saturated carbocycles. The van der Waals surface area contributed by atoms with Crippen molar-refractivity contribution in [3.05, 3.63) is 0 Å². The average molecular weight is 142 g/mol. The monoisotopic (exact) mass is 142 g/mol. The van der Waals surface area contributed by atoms with Crippen LogP contribution in [0.1, 0.15) is 0 Å². The second-order valence-corrected chi connectivity index (χ2v) is 1.69. The maximum absolute atomic E-state index is 11.3. The van der Waals surface area contributed by atoms with Crippen molar-refractivity contribution in [1.29, 1.82) is 0 Å². The van der Waals surface area contributed by atoms with Gasteiger partial charge in [-0.15, -0.1) is 0 Å². The average Bonchev–Trinajstić information content (AvgIpc) is 2.38. The Labute approximate surface area is 49.6 Å². The van der Waals surface area contributed by atoms with Crippen LogP contribution < -0.4 is 0 Å². The molecule has 5 heteroatoms. The van der Waals surface area contributed by atoms with E-state index >= 15 is 0 Å². The topological polar surface area (TPSA) is 21.8 Å². The number of hydrogen-bond acceptors (Lipinski definition) is 2. The quantitative estimate of drug-likeness (QED) is 0.535. The van der Waals surface area contributed by atoms with Crippen molar-refractivity contribution in [3.8, 4) is 0 Å². The number of ether oxygens (including phenoxy) is 2. The summed E-state index contributed by atoms with van der Waals surface area (Å²) in [5.74, 6) is 0. The fourth-order valence-electron chi connectivity index (χ4n) is 0.323. The molecule has 0 bridgehead atoms. The molecule has 1 rings (SSSR count).